The molecule has 0 aliphatic rings. The van der Waals surface area contributed by atoms with E-state index in [9.17, 15) is 0 Å². The summed E-state index contributed by atoms with van der Waals surface area (Å²) in [5.74, 6) is 2.76. The average Bonchev–Trinajstić information content (AvgIpc) is 3.09. The van der Waals surface area contributed by atoms with Crippen LogP contribution < -0.4 is 0 Å². The summed E-state index contributed by atoms with van der Waals surface area (Å²) >= 11 is 7.52. The number of rotatable bonds is 4. The minimum absolute atomic E-state index is 0.605. The molecule has 0 fully saturated rings. The van der Waals surface area contributed by atoms with Crippen LogP contribution in [0.3, 0.4) is 0 Å². The lowest BCUT2D eigenvalue weighted by atomic mass is 10.2. The maximum absolute atomic E-state index is 5.92. The first kappa shape index (κ1) is 16.1. The van der Waals surface area contributed by atoms with Crippen molar-refractivity contribution in [2.45, 2.75) is 17.7 Å². The van der Waals surface area contributed by atoms with E-state index in [1.807, 2.05) is 55.5 Å². The Kier molecular flexibility index (Phi) is 4.42. The van der Waals surface area contributed by atoms with Crippen molar-refractivity contribution in [2.24, 2.45) is 0 Å². The molecule has 2 heterocycles. The Morgan fingerprint density at radius 2 is 1.84 bits per heavy atom. The van der Waals surface area contributed by atoms with Crippen molar-refractivity contribution in [1.29, 1.82) is 0 Å². The van der Waals surface area contributed by atoms with Crippen LogP contribution in [0.2, 0.25) is 5.02 Å². The number of aryl methyl sites for hydroxylation is 1. The fourth-order valence-corrected chi connectivity index (χ4v) is 3.57. The number of nitrogens with zero attached hydrogens (tertiary/aromatic N) is 3. The van der Waals surface area contributed by atoms with Crippen LogP contribution in [-0.4, -0.2) is 15.0 Å². The normalized spacial score (nSPS) is 11.1. The molecule has 25 heavy (non-hydrogen) atoms. The molecule has 0 aliphatic heterocycles. The van der Waals surface area contributed by atoms with E-state index in [0.29, 0.717) is 16.7 Å². The number of para-hydroxylation sites is 1. The first-order valence-electron chi connectivity index (χ1n) is 7.76. The van der Waals surface area contributed by atoms with Gasteiger partial charge in [-0.2, -0.15) is 0 Å². The summed E-state index contributed by atoms with van der Waals surface area (Å²) in [7, 11) is 0. The van der Waals surface area contributed by atoms with Crippen LogP contribution in [0.5, 0.6) is 0 Å². The van der Waals surface area contributed by atoms with Gasteiger partial charge in [0.25, 0.3) is 0 Å². The maximum Gasteiger partial charge on any atom is 0.205 e. The molecule has 6 heteroatoms. The maximum atomic E-state index is 5.92. The van der Waals surface area contributed by atoms with E-state index in [-0.39, 0.29) is 0 Å². The zero-order valence-corrected chi connectivity index (χ0v) is 15.0. The molecule has 124 valence electrons. The van der Waals surface area contributed by atoms with E-state index < -0.39 is 0 Å². The first-order chi connectivity index (χ1) is 12.2. The number of hydrogen-bond donors (Lipinski definition) is 0. The highest BCUT2D eigenvalue weighted by Crippen LogP contribution is 2.29. The molecule has 0 atom stereocenters. The van der Waals surface area contributed by atoms with E-state index in [4.69, 9.17) is 16.0 Å². The molecule has 2 aromatic heterocycles. The molecule has 4 aromatic rings. The van der Waals surface area contributed by atoms with Gasteiger partial charge in [-0.05, 0) is 37.3 Å². The number of fused-ring (bicyclic) bond motifs is 1. The van der Waals surface area contributed by atoms with Gasteiger partial charge >= 0.3 is 0 Å². The Hall–Kier alpha value is -2.37. The van der Waals surface area contributed by atoms with E-state index >= 15 is 0 Å². The average molecular weight is 368 g/mol. The van der Waals surface area contributed by atoms with Crippen molar-refractivity contribution in [3.05, 3.63) is 71.5 Å². The third-order valence-electron chi connectivity index (χ3n) is 3.69. The van der Waals surface area contributed by atoms with Crippen molar-refractivity contribution in [2.75, 3.05) is 0 Å². The molecule has 0 unspecified atom stereocenters. The van der Waals surface area contributed by atoms with Gasteiger partial charge in [0.15, 0.2) is 5.76 Å². The molecule has 0 bridgehead atoms. The quantitative estimate of drug-likeness (QED) is 0.350. The molecule has 0 amide bonds. The molecule has 0 aliphatic carbocycles. The predicted octanol–water partition coefficient (Wildman–Crippen LogP) is 5.54. The zero-order chi connectivity index (χ0) is 17.2. The van der Waals surface area contributed by atoms with Crippen LogP contribution in [0.4, 0.5) is 0 Å². The topological polar surface area (TPSA) is 51.8 Å². The first-order valence-corrected chi connectivity index (χ1v) is 9.12. The van der Waals surface area contributed by atoms with Gasteiger partial charge in [0.2, 0.25) is 5.89 Å². The second kappa shape index (κ2) is 6.86. The third-order valence-corrected chi connectivity index (χ3v) is 4.92. The fourth-order valence-electron chi connectivity index (χ4n) is 2.52. The number of thioether (sulfide) groups is 1. The Bertz CT molecular complexity index is 1030. The monoisotopic (exact) mass is 367 g/mol. The summed E-state index contributed by atoms with van der Waals surface area (Å²) in [5, 5.41) is 2.68. The van der Waals surface area contributed by atoms with E-state index in [1.54, 1.807) is 18.0 Å². The van der Waals surface area contributed by atoms with Gasteiger partial charge in [-0.15, -0.1) is 0 Å². The Balaban J connectivity index is 1.55. The zero-order valence-electron chi connectivity index (χ0n) is 13.4. The molecule has 0 N–H and O–H groups in total. The van der Waals surface area contributed by atoms with E-state index in [0.717, 1.165) is 33.1 Å². The summed E-state index contributed by atoms with van der Waals surface area (Å²) in [4.78, 5) is 13.4. The minimum atomic E-state index is 0.605. The predicted molar refractivity (Wildman–Crippen MR) is 101 cm³/mol. The molecule has 0 saturated carbocycles. The standard InChI is InChI=1S/C19H14ClN3OS/c1-12-22-16-5-3-2-4-15(16)19(23-12)25-11-18-21-10-17(24-18)13-6-8-14(20)9-7-13/h2-10H,11H2,1H3. The summed E-state index contributed by atoms with van der Waals surface area (Å²) in [6.45, 7) is 1.90. The SMILES string of the molecule is Cc1nc(SCc2ncc(-c3ccc(Cl)cc3)o2)c2ccccc2n1. The summed E-state index contributed by atoms with van der Waals surface area (Å²) in [5.41, 5.74) is 1.91. The van der Waals surface area contributed by atoms with Gasteiger partial charge in [0.1, 0.15) is 10.9 Å². The number of halogens is 1. The van der Waals surface area contributed by atoms with Crippen molar-refractivity contribution in [3.8, 4) is 11.3 Å². The molecular formula is C19H14ClN3OS. The molecule has 0 radical (unpaired) electrons. The van der Waals surface area contributed by atoms with Gasteiger partial charge in [0.05, 0.1) is 17.5 Å². The van der Waals surface area contributed by atoms with Crippen molar-refractivity contribution in [1.82, 2.24) is 15.0 Å². The number of oxazole rings is 1. The van der Waals surface area contributed by atoms with Crippen molar-refractivity contribution in [3.63, 3.8) is 0 Å². The van der Waals surface area contributed by atoms with Gasteiger partial charge in [0, 0.05) is 16.0 Å². The second-order valence-electron chi connectivity index (χ2n) is 5.51. The lowest BCUT2D eigenvalue weighted by molar-refractivity contribution is 0.530. The summed E-state index contributed by atoms with van der Waals surface area (Å²) < 4.78 is 5.86. The van der Waals surface area contributed by atoms with Gasteiger partial charge in [-0.1, -0.05) is 41.6 Å². The highest BCUT2D eigenvalue weighted by molar-refractivity contribution is 7.98. The van der Waals surface area contributed by atoms with E-state index in [2.05, 4.69) is 15.0 Å². The largest absolute Gasteiger partial charge is 0.440 e. The summed E-state index contributed by atoms with van der Waals surface area (Å²) in [6.07, 6.45) is 1.74. The van der Waals surface area contributed by atoms with Crippen molar-refractivity contribution >= 4 is 34.3 Å². The van der Waals surface area contributed by atoms with Crippen molar-refractivity contribution < 1.29 is 4.42 Å². The van der Waals surface area contributed by atoms with Crippen LogP contribution in [-0.2, 0) is 5.75 Å². The second-order valence-corrected chi connectivity index (χ2v) is 6.91. The number of benzene rings is 2. The lowest BCUT2D eigenvalue weighted by Crippen LogP contribution is -1.93. The summed E-state index contributed by atoms with van der Waals surface area (Å²) in [6, 6.07) is 15.5. The Morgan fingerprint density at radius 1 is 1.04 bits per heavy atom. The molecule has 2 aromatic carbocycles. The van der Waals surface area contributed by atoms with Crippen LogP contribution in [0, 0.1) is 6.92 Å². The van der Waals surface area contributed by atoms with Gasteiger partial charge in [-0.3, -0.25) is 0 Å². The van der Waals surface area contributed by atoms with Gasteiger partial charge < -0.3 is 4.42 Å². The Labute approximate surface area is 154 Å². The molecule has 4 rings (SSSR count). The number of aromatic nitrogens is 3. The third kappa shape index (κ3) is 3.52. The smallest absolute Gasteiger partial charge is 0.205 e. The highest BCUT2D eigenvalue weighted by Gasteiger charge is 2.10. The van der Waals surface area contributed by atoms with Crippen LogP contribution in [0.25, 0.3) is 22.2 Å². The van der Waals surface area contributed by atoms with Crippen LogP contribution in [0.1, 0.15) is 11.7 Å². The fraction of sp³-hybridized carbons (Fsp3) is 0.105. The highest BCUT2D eigenvalue weighted by atomic mass is 35.5. The Morgan fingerprint density at radius 3 is 2.68 bits per heavy atom. The molecule has 4 nitrogen and oxygen atoms in total. The number of hydrogen-bond acceptors (Lipinski definition) is 5. The van der Waals surface area contributed by atoms with Crippen LogP contribution in [0.15, 0.2) is 64.2 Å². The van der Waals surface area contributed by atoms with E-state index in [1.165, 1.54) is 0 Å². The minimum Gasteiger partial charge on any atom is -0.440 e. The van der Waals surface area contributed by atoms with Gasteiger partial charge in [-0.25, -0.2) is 15.0 Å². The molecule has 0 saturated heterocycles. The molecular weight excluding hydrogens is 354 g/mol. The molecule has 0 spiro atoms. The van der Waals surface area contributed by atoms with Crippen LogP contribution >= 0.6 is 23.4 Å². The lowest BCUT2D eigenvalue weighted by Gasteiger charge is -2.05.